The second-order valence-corrected chi connectivity index (χ2v) is 12.0. The minimum Gasteiger partial charge on any atom is -0.405 e. The molecule has 0 aromatic heterocycles. The predicted molar refractivity (Wildman–Crippen MR) is 110 cm³/mol. The van der Waals surface area contributed by atoms with Gasteiger partial charge in [-0.25, -0.2) is 0 Å². The van der Waals surface area contributed by atoms with Gasteiger partial charge in [-0.15, -0.1) is 6.58 Å². The van der Waals surface area contributed by atoms with E-state index in [-0.39, 0.29) is 18.1 Å². The average Bonchev–Trinajstić information content (AvgIpc) is 2.62. The van der Waals surface area contributed by atoms with Gasteiger partial charge in [0.1, 0.15) is 0 Å². The molecule has 4 heteroatoms. The van der Waals surface area contributed by atoms with Crippen molar-refractivity contribution >= 4 is 18.7 Å². The molecule has 0 radical (unpaired) electrons. The zero-order valence-corrected chi connectivity index (χ0v) is 16.9. The van der Waals surface area contributed by atoms with Crippen LogP contribution in [-0.2, 0) is 4.43 Å². The highest BCUT2D eigenvalue weighted by Gasteiger charge is 2.50. The molecular weight excluding hydrogens is 340 g/mol. The standard InChI is InChI=1S/C22H30O3Si/c1-5-18(23)16-19(24)17-25-26(22(2,3)4,20-12-8-6-9-13-20)21-14-10-7-11-15-21/h5-15,18-19,23-24H,1,16-17H2,2-4H3/t18-,19+/m0/s1. The van der Waals surface area contributed by atoms with E-state index < -0.39 is 20.5 Å². The van der Waals surface area contributed by atoms with Gasteiger partial charge in [-0.3, -0.25) is 0 Å². The summed E-state index contributed by atoms with van der Waals surface area (Å²) in [5.41, 5.74) is 0. The van der Waals surface area contributed by atoms with E-state index in [0.717, 1.165) is 0 Å². The number of hydrogen-bond acceptors (Lipinski definition) is 3. The van der Waals surface area contributed by atoms with Crippen LogP contribution in [0.1, 0.15) is 27.2 Å². The zero-order valence-electron chi connectivity index (χ0n) is 15.9. The van der Waals surface area contributed by atoms with Gasteiger partial charge in [0.15, 0.2) is 0 Å². The molecule has 0 spiro atoms. The Kier molecular flexibility index (Phi) is 6.95. The number of benzene rings is 2. The van der Waals surface area contributed by atoms with Gasteiger partial charge in [0.2, 0.25) is 0 Å². The lowest BCUT2D eigenvalue weighted by Crippen LogP contribution is -2.67. The first-order valence-corrected chi connectivity index (χ1v) is 11.0. The third-order valence-corrected chi connectivity index (χ3v) is 9.70. The molecule has 0 unspecified atom stereocenters. The van der Waals surface area contributed by atoms with E-state index in [9.17, 15) is 10.2 Å². The SMILES string of the molecule is C=C[C@H](O)C[C@@H](O)CO[Si](c1ccccc1)(c1ccccc1)C(C)(C)C. The van der Waals surface area contributed by atoms with Gasteiger partial charge in [-0.1, -0.05) is 87.5 Å². The second-order valence-electron chi connectivity index (χ2n) is 7.67. The molecule has 0 saturated heterocycles. The van der Waals surface area contributed by atoms with E-state index in [2.05, 4.69) is 51.6 Å². The van der Waals surface area contributed by atoms with Crippen molar-refractivity contribution in [2.75, 3.05) is 6.61 Å². The highest BCUT2D eigenvalue weighted by Crippen LogP contribution is 2.36. The predicted octanol–water partition coefficient (Wildman–Crippen LogP) is 2.86. The summed E-state index contributed by atoms with van der Waals surface area (Å²) in [6, 6.07) is 20.6. The Labute approximate surface area is 158 Å². The minimum absolute atomic E-state index is 0.132. The smallest absolute Gasteiger partial charge is 0.261 e. The summed E-state index contributed by atoms with van der Waals surface area (Å²) in [5.74, 6) is 0. The van der Waals surface area contributed by atoms with Crippen molar-refractivity contribution in [1.29, 1.82) is 0 Å². The van der Waals surface area contributed by atoms with Crippen LogP contribution < -0.4 is 10.4 Å². The summed E-state index contributed by atoms with van der Waals surface area (Å²) >= 11 is 0. The molecule has 0 saturated carbocycles. The van der Waals surface area contributed by atoms with E-state index in [0.29, 0.717) is 0 Å². The fourth-order valence-electron chi connectivity index (χ4n) is 3.43. The van der Waals surface area contributed by atoms with Crippen molar-refractivity contribution in [2.45, 2.75) is 44.4 Å². The first kappa shape index (κ1) is 20.6. The Hall–Kier alpha value is -1.72. The molecular formula is C22H30O3Si. The Morgan fingerprint density at radius 2 is 1.42 bits per heavy atom. The molecule has 0 aliphatic rings. The van der Waals surface area contributed by atoms with Crippen LogP contribution in [0.25, 0.3) is 0 Å². The van der Waals surface area contributed by atoms with E-state index in [1.54, 1.807) is 0 Å². The van der Waals surface area contributed by atoms with E-state index in [1.807, 2.05) is 36.4 Å². The fourth-order valence-corrected chi connectivity index (χ4v) is 8.02. The summed E-state index contributed by atoms with van der Waals surface area (Å²) in [6.45, 7) is 10.3. The topological polar surface area (TPSA) is 49.7 Å². The van der Waals surface area contributed by atoms with Crippen molar-refractivity contribution < 1.29 is 14.6 Å². The molecule has 2 aromatic carbocycles. The Bertz CT molecular complexity index is 640. The molecule has 2 rings (SSSR count). The Balaban J connectivity index is 2.45. The molecule has 0 aliphatic carbocycles. The average molecular weight is 371 g/mol. The quantitative estimate of drug-likeness (QED) is 0.555. The summed E-state index contributed by atoms with van der Waals surface area (Å²) in [7, 11) is -2.64. The number of aliphatic hydroxyl groups excluding tert-OH is 2. The van der Waals surface area contributed by atoms with E-state index in [4.69, 9.17) is 4.43 Å². The molecule has 2 aromatic rings. The van der Waals surface area contributed by atoms with Crippen LogP contribution in [0.2, 0.25) is 5.04 Å². The molecule has 3 nitrogen and oxygen atoms in total. The molecule has 2 atom stereocenters. The van der Waals surface area contributed by atoms with Crippen LogP contribution in [0.4, 0.5) is 0 Å². The first-order chi connectivity index (χ1) is 12.3. The third kappa shape index (κ3) is 4.51. The molecule has 0 bridgehead atoms. The largest absolute Gasteiger partial charge is 0.405 e. The van der Waals surface area contributed by atoms with Gasteiger partial charge < -0.3 is 14.6 Å². The normalized spacial score (nSPS) is 14.7. The van der Waals surface area contributed by atoms with Crippen molar-refractivity contribution in [3.05, 3.63) is 73.3 Å². The molecule has 2 N–H and O–H groups in total. The first-order valence-electron chi connectivity index (χ1n) is 9.05. The van der Waals surface area contributed by atoms with Gasteiger partial charge in [0.25, 0.3) is 8.32 Å². The van der Waals surface area contributed by atoms with Crippen molar-refractivity contribution in [3.63, 3.8) is 0 Å². The lowest BCUT2D eigenvalue weighted by molar-refractivity contribution is 0.0611. The van der Waals surface area contributed by atoms with Gasteiger partial charge in [0, 0.05) is 6.42 Å². The lowest BCUT2D eigenvalue weighted by Gasteiger charge is -2.43. The fraction of sp³-hybridized carbons (Fsp3) is 0.364. The van der Waals surface area contributed by atoms with Crippen LogP contribution in [0, 0.1) is 0 Å². The maximum absolute atomic E-state index is 10.4. The summed E-state index contributed by atoms with van der Waals surface area (Å²) in [5, 5.41) is 22.3. The molecule has 0 aliphatic heterocycles. The maximum Gasteiger partial charge on any atom is 0.261 e. The molecule has 0 heterocycles. The van der Waals surface area contributed by atoms with Crippen molar-refractivity contribution in [1.82, 2.24) is 0 Å². The van der Waals surface area contributed by atoms with Gasteiger partial charge in [0.05, 0.1) is 18.8 Å². The van der Waals surface area contributed by atoms with Gasteiger partial charge >= 0.3 is 0 Å². The number of aliphatic hydroxyl groups is 2. The summed E-state index contributed by atoms with van der Waals surface area (Å²) in [6.07, 6.45) is 0.186. The zero-order chi connectivity index (χ0) is 19.2. The lowest BCUT2D eigenvalue weighted by atomic mass is 10.2. The van der Waals surface area contributed by atoms with Crippen LogP contribution in [0.15, 0.2) is 73.3 Å². The molecule has 0 fully saturated rings. The highest BCUT2D eigenvalue weighted by atomic mass is 28.4. The number of rotatable bonds is 8. The number of hydrogen-bond donors (Lipinski definition) is 2. The van der Waals surface area contributed by atoms with Crippen LogP contribution in [0.3, 0.4) is 0 Å². The monoisotopic (exact) mass is 370 g/mol. The Morgan fingerprint density at radius 1 is 0.962 bits per heavy atom. The van der Waals surface area contributed by atoms with E-state index >= 15 is 0 Å². The van der Waals surface area contributed by atoms with Crippen molar-refractivity contribution in [3.8, 4) is 0 Å². The van der Waals surface area contributed by atoms with E-state index in [1.165, 1.54) is 16.4 Å². The van der Waals surface area contributed by atoms with Crippen LogP contribution >= 0.6 is 0 Å². The van der Waals surface area contributed by atoms with Gasteiger partial charge in [-0.2, -0.15) is 0 Å². The minimum atomic E-state index is -2.64. The molecule has 26 heavy (non-hydrogen) atoms. The highest BCUT2D eigenvalue weighted by molar-refractivity contribution is 6.99. The van der Waals surface area contributed by atoms with Crippen molar-refractivity contribution in [2.24, 2.45) is 0 Å². The maximum atomic E-state index is 10.4. The third-order valence-electron chi connectivity index (χ3n) is 4.69. The molecule has 0 amide bonds. The molecule has 140 valence electrons. The van der Waals surface area contributed by atoms with Gasteiger partial charge in [-0.05, 0) is 15.4 Å². The van der Waals surface area contributed by atoms with Crippen LogP contribution in [-0.4, -0.2) is 37.3 Å². The second kappa shape index (κ2) is 8.78. The Morgan fingerprint density at radius 3 is 1.81 bits per heavy atom. The summed E-state index contributed by atoms with van der Waals surface area (Å²) < 4.78 is 6.62. The van der Waals surface area contributed by atoms with Crippen LogP contribution in [0.5, 0.6) is 0 Å². The summed E-state index contributed by atoms with van der Waals surface area (Å²) in [4.78, 5) is 0.